The Kier molecular flexibility index (Phi) is 5.47. The summed E-state index contributed by atoms with van der Waals surface area (Å²) in [6.45, 7) is 8.83. The predicted octanol–water partition coefficient (Wildman–Crippen LogP) is 2.85. The number of carbonyl (C=O) groups is 2. The number of ketones is 1. The fraction of sp³-hybridized carbons (Fsp3) is 0.435. The van der Waals surface area contributed by atoms with Crippen LogP contribution in [0.5, 0.6) is 0 Å². The van der Waals surface area contributed by atoms with Crippen LogP contribution in [0.2, 0.25) is 0 Å². The normalized spacial score (nSPS) is 21.7. The predicted molar refractivity (Wildman–Crippen MR) is 114 cm³/mol. The van der Waals surface area contributed by atoms with E-state index in [1.54, 1.807) is 23.2 Å². The molecule has 1 atom stereocenters. The summed E-state index contributed by atoms with van der Waals surface area (Å²) >= 11 is 0. The van der Waals surface area contributed by atoms with Gasteiger partial charge in [0.2, 0.25) is 0 Å². The second kappa shape index (κ2) is 8.07. The monoisotopic (exact) mass is 408 g/mol. The molecule has 7 heteroatoms. The summed E-state index contributed by atoms with van der Waals surface area (Å²) in [5.41, 5.74) is 3.85. The fourth-order valence-corrected chi connectivity index (χ4v) is 4.61. The Hall–Kier alpha value is -2.93. The highest BCUT2D eigenvalue weighted by atomic mass is 16.3. The van der Waals surface area contributed by atoms with Crippen molar-refractivity contribution >= 4 is 17.4 Å². The molecule has 0 aliphatic carbocycles. The maximum Gasteiger partial charge on any atom is 0.295 e. The van der Waals surface area contributed by atoms with E-state index in [-0.39, 0.29) is 11.3 Å². The van der Waals surface area contributed by atoms with E-state index in [2.05, 4.69) is 14.9 Å². The first-order valence-electron chi connectivity index (χ1n) is 10.5. The summed E-state index contributed by atoms with van der Waals surface area (Å²) in [4.78, 5) is 37.6. The molecule has 0 saturated carbocycles. The number of carbonyl (C=O) groups excluding carboxylic acids is 2. The van der Waals surface area contributed by atoms with Gasteiger partial charge < -0.3 is 19.9 Å². The Labute approximate surface area is 176 Å². The number of aromatic amines is 1. The van der Waals surface area contributed by atoms with Crippen LogP contribution in [0.25, 0.3) is 5.76 Å². The number of likely N-dealkylation sites (tertiary alicyclic amines) is 2. The van der Waals surface area contributed by atoms with Gasteiger partial charge in [0.25, 0.3) is 11.7 Å². The molecule has 2 N–H and O–H groups in total. The van der Waals surface area contributed by atoms with Crippen molar-refractivity contribution in [2.45, 2.75) is 39.7 Å². The summed E-state index contributed by atoms with van der Waals surface area (Å²) in [5, 5.41) is 11.2. The molecule has 0 radical (unpaired) electrons. The topological polar surface area (TPSA) is 89.5 Å². The Morgan fingerprint density at radius 3 is 2.47 bits per heavy atom. The summed E-state index contributed by atoms with van der Waals surface area (Å²) in [7, 11) is 0. The number of aliphatic hydroxyl groups excluding tert-OH is 1. The van der Waals surface area contributed by atoms with Crippen molar-refractivity contribution in [3.05, 3.63) is 58.2 Å². The number of aryl methyl sites for hydroxylation is 2. The van der Waals surface area contributed by atoms with E-state index in [4.69, 9.17) is 0 Å². The van der Waals surface area contributed by atoms with Gasteiger partial charge in [0.1, 0.15) is 11.8 Å². The van der Waals surface area contributed by atoms with Crippen molar-refractivity contribution in [2.75, 3.05) is 26.2 Å². The average Bonchev–Trinajstić information content (AvgIpc) is 3.40. The Balaban J connectivity index is 1.79. The van der Waals surface area contributed by atoms with Gasteiger partial charge in [-0.15, -0.1) is 0 Å². The zero-order valence-electron chi connectivity index (χ0n) is 17.7. The number of nitrogens with one attached hydrogen (secondary N) is 1. The lowest BCUT2D eigenvalue weighted by atomic mass is 9.96. The maximum absolute atomic E-state index is 13.1. The van der Waals surface area contributed by atoms with Crippen molar-refractivity contribution in [1.29, 1.82) is 0 Å². The van der Waals surface area contributed by atoms with Crippen LogP contribution in [-0.4, -0.2) is 62.7 Å². The molecule has 2 fully saturated rings. The summed E-state index contributed by atoms with van der Waals surface area (Å²) in [6, 6.07) is 4.74. The van der Waals surface area contributed by atoms with Crippen LogP contribution in [0, 0.1) is 20.8 Å². The van der Waals surface area contributed by atoms with Crippen LogP contribution in [0.15, 0.2) is 30.0 Å². The number of aromatic nitrogens is 2. The third-order valence-electron chi connectivity index (χ3n) is 6.29. The van der Waals surface area contributed by atoms with Gasteiger partial charge in [0.05, 0.1) is 11.3 Å². The molecule has 0 aromatic carbocycles. The highest BCUT2D eigenvalue weighted by Crippen LogP contribution is 2.40. The molecule has 1 amide bonds. The molecule has 30 heavy (non-hydrogen) atoms. The van der Waals surface area contributed by atoms with Gasteiger partial charge in [0, 0.05) is 36.2 Å². The van der Waals surface area contributed by atoms with Crippen LogP contribution in [0.3, 0.4) is 0 Å². The molecule has 0 spiro atoms. The number of H-pyrrole nitrogens is 1. The number of amides is 1. The summed E-state index contributed by atoms with van der Waals surface area (Å²) < 4.78 is 0. The van der Waals surface area contributed by atoms with Crippen molar-refractivity contribution in [3.63, 3.8) is 0 Å². The fourth-order valence-electron chi connectivity index (χ4n) is 4.61. The highest BCUT2D eigenvalue weighted by molar-refractivity contribution is 6.46. The minimum absolute atomic E-state index is 0.116. The third kappa shape index (κ3) is 3.43. The van der Waals surface area contributed by atoms with Crippen molar-refractivity contribution in [2.24, 2.45) is 0 Å². The molecule has 2 saturated heterocycles. The Morgan fingerprint density at radius 2 is 1.87 bits per heavy atom. The number of hydrogen-bond donors (Lipinski definition) is 2. The van der Waals surface area contributed by atoms with E-state index in [0.717, 1.165) is 42.9 Å². The molecule has 2 aromatic heterocycles. The first kappa shape index (κ1) is 20.3. The second-order valence-corrected chi connectivity index (χ2v) is 8.17. The lowest BCUT2D eigenvalue weighted by Gasteiger charge is -2.26. The molecule has 1 unspecified atom stereocenters. The zero-order chi connectivity index (χ0) is 21.4. The maximum atomic E-state index is 13.1. The van der Waals surface area contributed by atoms with Crippen LogP contribution in [-0.2, 0) is 9.59 Å². The van der Waals surface area contributed by atoms with Gasteiger partial charge in [-0.05, 0) is 64.4 Å². The van der Waals surface area contributed by atoms with E-state index < -0.39 is 17.7 Å². The standard InChI is InChI=1S/C23H28N4O3/c1-14-15(2)25-16(3)18(14)21(28)19-20(17-8-4-5-9-24-17)27(23(30)22(19)29)13-12-26-10-6-7-11-26/h4-5,8-9,20,25,28H,6-7,10-13H2,1-3H3/b21-19+. The van der Waals surface area contributed by atoms with Crippen LogP contribution in [0.1, 0.15) is 47.1 Å². The molecular weight excluding hydrogens is 380 g/mol. The van der Waals surface area contributed by atoms with Crippen LogP contribution >= 0.6 is 0 Å². The number of aliphatic hydroxyl groups is 1. The number of hydrogen-bond acceptors (Lipinski definition) is 5. The van der Waals surface area contributed by atoms with E-state index in [9.17, 15) is 14.7 Å². The van der Waals surface area contributed by atoms with E-state index in [1.165, 1.54) is 0 Å². The molecule has 0 bridgehead atoms. The molecule has 158 valence electrons. The number of rotatable bonds is 5. The average molecular weight is 409 g/mol. The van der Waals surface area contributed by atoms with Gasteiger partial charge in [-0.25, -0.2) is 0 Å². The number of nitrogens with zero attached hydrogens (tertiary/aromatic N) is 3. The molecule has 2 aliphatic heterocycles. The van der Waals surface area contributed by atoms with Gasteiger partial charge in [0.15, 0.2) is 0 Å². The Morgan fingerprint density at radius 1 is 1.13 bits per heavy atom. The van der Waals surface area contributed by atoms with Crippen LogP contribution < -0.4 is 0 Å². The van der Waals surface area contributed by atoms with Crippen molar-refractivity contribution in [3.8, 4) is 0 Å². The van der Waals surface area contributed by atoms with E-state index >= 15 is 0 Å². The highest BCUT2D eigenvalue weighted by Gasteiger charge is 2.47. The van der Waals surface area contributed by atoms with Crippen molar-refractivity contribution < 1.29 is 14.7 Å². The van der Waals surface area contributed by atoms with Gasteiger partial charge in [-0.1, -0.05) is 6.07 Å². The molecule has 4 heterocycles. The van der Waals surface area contributed by atoms with Crippen LogP contribution in [0.4, 0.5) is 0 Å². The van der Waals surface area contributed by atoms with Crippen molar-refractivity contribution in [1.82, 2.24) is 19.8 Å². The summed E-state index contributed by atoms with van der Waals surface area (Å²) in [5.74, 6) is -1.36. The lowest BCUT2D eigenvalue weighted by Crippen LogP contribution is -2.37. The SMILES string of the molecule is Cc1[nH]c(C)c(/C(O)=C2\C(=O)C(=O)N(CCN3CCCC3)C2c2ccccn2)c1C. The minimum Gasteiger partial charge on any atom is -0.507 e. The second-order valence-electron chi connectivity index (χ2n) is 8.17. The number of pyridine rings is 1. The lowest BCUT2D eigenvalue weighted by molar-refractivity contribution is -0.140. The van der Waals surface area contributed by atoms with E-state index in [0.29, 0.717) is 24.3 Å². The van der Waals surface area contributed by atoms with Gasteiger partial charge >= 0.3 is 0 Å². The van der Waals surface area contributed by atoms with Gasteiger partial charge in [-0.3, -0.25) is 14.6 Å². The summed E-state index contributed by atoms with van der Waals surface area (Å²) in [6.07, 6.45) is 3.97. The smallest absolute Gasteiger partial charge is 0.295 e. The minimum atomic E-state index is -0.692. The molecular formula is C23H28N4O3. The third-order valence-corrected chi connectivity index (χ3v) is 6.29. The largest absolute Gasteiger partial charge is 0.507 e. The van der Waals surface area contributed by atoms with Gasteiger partial charge in [-0.2, -0.15) is 0 Å². The first-order chi connectivity index (χ1) is 14.4. The number of Topliss-reactive ketones (excluding diaryl/α,β-unsaturated/α-hetero) is 1. The Bertz CT molecular complexity index is 1000. The molecule has 7 nitrogen and oxygen atoms in total. The molecule has 4 rings (SSSR count). The molecule has 2 aromatic rings. The first-order valence-corrected chi connectivity index (χ1v) is 10.5. The quantitative estimate of drug-likeness (QED) is 0.451. The molecule has 2 aliphatic rings. The zero-order valence-corrected chi connectivity index (χ0v) is 17.7. The van der Waals surface area contributed by atoms with E-state index in [1.807, 2.05) is 26.8 Å².